The average Bonchev–Trinajstić information content (AvgIpc) is 2.53. The molecule has 0 spiro atoms. The molecule has 0 atom stereocenters. The zero-order valence-corrected chi connectivity index (χ0v) is 12.8. The van der Waals surface area contributed by atoms with Crippen LogP contribution in [0.1, 0.15) is 16.7 Å². The normalized spacial score (nSPS) is 10.6. The fourth-order valence-electron chi connectivity index (χ4n) is 2.50. The van der Waals surface area contributed by atoms with Crippen LogP contribution in [-0.4, -0.2) is 0 Å². The Kier molecular flexibility index (Phi) is 4.08. The molecule has 0 aliphatic heterocycles. The molecule has 0 aliphatic carbocycles. The Bertz CT molecular complexity index is 728. The van der Waals surface area contributed by atoms with Crippen molar-refractivity contribution in [3.63, 3.8) is 0 Å². The maximum atomic E-state index is 6.09. The summed E-state index contributed by atoms with van der Waals surface area (Å²) >= 11 is 6.09. The number of hydrogen-bond donors (Lipinski definition) is 0. The number of aryl methyl sites for hydroxylation is 1. The lowest BCUT2D eigenvalue weighted by Gasteiger charge is -2.08. The van der Waals surface area contributed by atoms with Crippen LogP contribution in [0.3, 0.4) is 0 Å². The quantitative estimate of drug-likeness (QED) is 0.563. The monoisotopic (exact) mass is 292 g/mol. The van der Waals surface area contributed by atoms with Crippen LogP contribution in [-0.2, 0) is 6.42 Å². The topological polar surface area (TPSA) is 0 Å². The van der Waals surface area contributed by atoms with Crippen LogP contribution >= 0.6 is 11.6 Å². The van der Waals surface area contributed by atoms with E-state index >= 15 is 0 Å². The third-order valence-electron chi connectivity index (χ3n) is 3.77. The van der Waals surface area contributed by atoms with Gasteiger partial charge in [-0.15, -0.1) is 0 Å². The summed E-state index contributed by atoms with van der Waals surface area (Å²) < 4.78 is 0. The molecule has 1 heteroatoms. The van der Waals surface area contributed by atoms with Crippen molar-refractivity contribution in [2.24, 2.45) is 0 Å². The molecule has 0 saturated heterocycles. The van der Waals surface area contributed by atoms with E-state index in [1.165, 1.54) is 27.8 Å². The fourth-order valence-corrected chi connectivity index (χ4v) is 2.69. The summed E-state index contributed by atoms with van der Waals surface area (Å²) in [5.74, 6) is 0. The van der Waals surface area contributed by atoms with E-state index < -0.39 is 0 Å². The fraction of sp³-hybridized carbons (Fsp3) is 0.100. The predicted octanol–water partition coefficient (Wildman–Crippen LogP) is 5.91. The Labute approximate surface area is 131 Å². The molecule has 3 aromatic rings. The van der Waals surface area contributed by atoms with E-state index in [2.05, 4.69) is 67.6 Å². The molecule has 0 aliphatic rings. The maximum absolute atomic E-state index is 6.09. The van der Waals surface area contributed by atoms with Gasteiger partial charge in [-0.2, -0.15) is 0 Å². The van der Waals surface area contributed by atoms with Crippen LogP contribution < -0.4 is 0 Å². The molecule has 0 N–H and O–H groups in total. The predicted molar refractivity (Wildman–Crippen MR) is 90.9 cm³/mol. The molecule has 3 aromatic carbocycles. The van der Waals surface area contributed by atoms with Gasteiger partial charge in [0, 0.05) is 5.02 Å². The Morgan fingerprint density at radius 2 is 1.43 bits per heavy atom. The van der Waals surface area contributed by atoms with Crippen molar-refractivity contribution < 1.29 is 0 Å². The first-order valence-electron chi connectivity index (χ1n) is 7.12. The van der Waals surface area contributed by atoms with Gasteiger partial charge in [0.2, 0.25) is 0 Å². The van der Waals surface area contributed by atoms with Crippen molar-refractivity contribution >= 4 is 11.6 Å². The third-order valence-corrected chi connectivity index (χ3v) is 4.00. The van der Waals surface area contributed by atoms with Crippen LogP contribution in [0, 0.1) is 6.92 Å². The van der Waals surface area contributed by atoms with Crippen LogP contribution in [0.4, 0.5) is 0 Å². The summed E-state index contributed by atoms with van der Waals surface area (Å²) in [4.78, 5) is 0. The minimum Gasteiger partial charge on any atom is -0.0843 e. The molecular weight excluding hydrogens is 276 g/mol. The highest BCUT2D eigenvalue weighted by molar-refractivity contribution is 6.30. The van der Waals surface area contributed by atoms with Crippen molar-refractivity contribution in [1.29, 1.82) is 0 Å². The molecule has 0 amide bonds. The molecule has 0 unspecified atom stereocenters. The van der Waals surface area contributed by atoms with Crippen LogP contribution in [0.2, 0.25) is 5.02 Å². The van der Waals surface area contributed by atoms with Gasteiger partial charge in [0.05, 0.1) is 0 Å². The van der Waals surface area contributed by atoms with Crippen LogP contribution in [0.15, 0.2) is 72.8 Å². The molecule has 0 bridgehead atoms. The highest BCUT2D eigenvalue weighted by atomic mass is 35.5. The van der Waals surface area contributed by atoms with Gasteiger partial charge in [-0.3, -0.25) is 0 Å². The molecule has 0 heterocycles. The second kappa shape index (κ2) is 6.15. The van der Waals surface area contributed by atoms with E-state index in [0.29, 0.717) is 0 Å². The van der Waals surface area contributed by atoms with Gasteiger partial charge in [0.25, 0.3) is 0 Å². The van der Waals surface area contributed by atoms with Crippen molar-refractivity contribution in [3.8, 4) is 11.1 Å². The van der Waals surface area contributed by atoms with E-state index in [4.69, 9.17) is 11.6 Å². The Morgan fingerprint density at radius 1 is 0.762 bits per heavy atom. The Hall–Kier alpha value is -2.05. The van der Waals surface area contributed by atoms with Gasteiger partial charge in [-0.05, 0) is 53.3 Å². The SMILES string of the molecule is Cc1ccc(Cl)cc1Cc1ccc(-c2ccccc2)cc1. The van der Waals surface area contributed by atoms with Gasteiger partial charge in [-0.1, -0.05) is 72.3 Å². The molecule has 104 valence electrons. The van der Waals surface area contributed by atoms with Crippen LogP contribution in [0.25, 0.3) is 11.1 Å². The van der Waals surface area contributed by atoms with Gasteiger partial charge in [-0.25, -0.2) is 0 Å². The van der Waals surface area contributed by atoms with E-state index in [9.17, 15) is 0 Å². The number of rotatable bonds is 3. The van der Waals surface area contributed by atoms with Crippen molar-refractivity contribution in [2.45, 2.75) is 13.3 Å². The maximum Gasteiger partial charge on any atom is 0.0409 e. The number of benzene rings is 3. The zero-order chi connectivity index (χ0) is 14.7. The Morgan fingerprint density at radius 3 is 2.14 bits per heavy atom. The molecule has 0 aromatic heterocycles. The largest absolute Gasteiger partial charge is 0.0843 e. The van der Waals surface area contributed by atoms with E-state index in [-0.39, 0.29) is 0 Å². The Balaban J connectivity index is 1.83. The summed E-state index contributed by atoms with van der Waals surface area (Å²) in [5, 5.41) is 0.802. The van der Waals surface area contributed by atoms with E-state index in [1.807, 2.05) is 12.1 Å². The second-order valence-electron chi connectivity index (χ2n) is 5.31. The molecule has 0 radical (unpaired) electrons. The summed E-state index contributed by atoms with van der Waals surface area (Å²) in [7, 11) is 0. The van der Waals surface area contributed by atoms with Gasteiger partial charge < -0.3 is 0 Å². The molecule has 0 fully saturated rings. The number of halogens is 1. The van der Waals surface area contributed by atoms with E-state index in [1.54, 1.807) is 0 Å². The molecular formula is C20H17Cl. The summed E-state index contributed by atoms with van der Waals surface area (Å²) in [6.45, 7) is 2.13. The second-order valence-corrected chi connectivity index (χ2v) is 5.75. The van der Waals surface area contributed by atoms with Gasteiger partial charge >= 0.3 is 0 Å². The lowest BCUT2D eigenvalue weighted by Crippen LogP contribution is -1.92. The molecule has 21 heavy (non-hydrogen) atoms. The van der Waals surface area contributed by atoms with Crippen LogP contribution in [0.5, 0.6) is 0 Å². The first-order valence-corrected chi connectivity index (χ1v) is 7.49. The van der Waals surface area contributed by atoms with E-state index in [0.717, 1.165) is 11.4 Å². The average molecular weight is 293 g/mol. The number of hydrogen-bond acceptors (Lipinski definition) is 0. The lowest BCUT2D eigenvalue weighted by molar-refractivity contribution is 1.16. The lowest BCUT2D eigenvalue weighted by atomic mass is 9.98. The highest BCUT2D eigenvalue weighted by Crippen LogP contribution is 2.22. The minimum atomic E-state index is 0.802. The smallest absolute Gasteiger partial charge is 0.0409 e. The standard InChI is InChI=1S/C20H17Cl/c1-15-7-12-20(21)14-19(15)13-16-8-10-18(11-9-16)17-5-3-2-4-6-17/h2-12,14H,13H2,1H3. The molecule has 0 nitrogen and oxygen atoms in total. The highest BCUT2D eigenvalue weighted by Gasteiger charge is 2.02. The van der Waals surface area contributed by atoms with Crippen molar-refractivity contribution in [3.05, 3.63) is 94.5 Å². The summed E-state index contributed by atoms with van der Waals surface area (Å²) in [6, 6.07) is 25.3. The van der Waals surface area contributed by atoms with Crippen molar-refractivity contribution in [2.75, 3.05) is 0 Å². The van der Waals surface area contributed by atoms with Gasteiger partial charge in [0.1, 0.15) is 0 Å². The zero-order valence-electron chi connectivity index (χ0n) is 12.0. The van der Waals surface area contributed by atoms with Crippen molar-refractivity contribution in [1.82, 2.24) is 0 Å². The molecule has 3 rings (SSSR count). The third kappa shape index (κ3) is 3.34. The molecule has 0 saturated carbocycles. The summed E-state index contributed by atoms with van der Waals surface area (Å²) in [5.41, 5.74) is 6.38. The van der Waals surface area contributed by atoms with Gasteiger partial charge in [0.15, 0.2) is 0 Å². The first kappa shape index (κ1) is 13.9. The first-order chi connectivity index (χ1) is 10.2. The minimum absolute atomic E-state index is 0.802. The summed E-state index contributed by atoms with van der Waals surface area (Å²) in [6.07, 6.45) is 0.918.